The second-order valence-corrected chi connectivity index (χ2v) is 4.30. The summed E-state index contributed by atoms with van der Waals surface area (Å²) in [6.45, 7) is 4.04. The predicted molar refractivity (Wildman–Crippen MR) is 67.8 cm³/mol. The van der Waals surface area contributed by atoms with Crippen LogP contribution >= 0.6 is 11.6 Å². The van der Waals surface area contributed by atoms with E-state index in [1.807, 2.05) is 38.1 Å². The fourth-order valence-electron chi connectivity index (χ4n) is 1.54. The van der Waals surface area contributed by atoms with Crippen molar-refractivity contribution in [1.82, 2.24) is 5.32 Å². The van der Waals surface area contributed by atoms with Gasteiger partial charge in [0.15, 0.2) is 0 Å². The van der Waals surface area contributed by atoms with Gasteiger partial charge in [-0.1, -0.05) is 36.8 Å². The maximum absolute atomic E-state index is 11.7. The van der Waals surface area contributed by atoms with Crippen LogP contribution in [0.5, 0.6) is 0 Å². The summed E-state index contributed by atoms with van der Waals surface area (Å²) in [5, 5.41) is 2.91. The molecular weight excluding hydrogens is 222 g/mol. The van der Waals surface area contributed by atoms with E-state index in [-0.39, 0.29) is 11.9 Å². The van der Waals surface area contributed by atoms with Crippen LogP contribution in [-0.2, 0) is 11.2 Å². The number of hydrogen-bond acceptors (Lipinski definition) is 1. The van der Waals surface area contributed by atoms with Gasteiger partial charge in [-0.2, -0.15) is 0 Å². The Morgan fingerprint density at radius 3 is 2.81 bits per heavy atom. The molecule has 1 atom stereocenters. The van der Waals surface area contributed by atoms with Gasteiger partial charge in [-0.3, -0.25) is 4.79 Å². The number of alkyl halides is 1. The first-order valence-electron chi connectivity index (χ1n) is 5.56. The second-order valence-electron chi connectivity index (χ2n) is 3.99. The molecule has 88 valence electrons. The molecule has 2 nitrogen and oxygen atoms in total. The summed E-state index contributed by atoms with van der Waals surface area (Å²) in [7, 11) is 0. The number of aryl methyl sites for hydroxylation is 1. The quantitative estimate of drug-likeness (QED) is 0.787. The Bertz CT molecular complexity index is 348. The molecule has 0 saturated carbocycles. The van der Waals surface area contributed by atoms with Crippen LogP contribution in [0.4, 0.5) is 0 Å². The van der Waals surface area contributed by atoms with Crippen LogP contribution in [0.3, 0.4) is 0 Å². The number of amides is 1. The van der Waals surface area contributed by atoms with Crippen molar-refractivity contribution in [1.29, 1.82) is 0 Å². The van der Waals surface area contributed by atoms with Crippen molar-refractivity contribution in [2.45, 2.75) is 32.7 Å². The normalized spacial score (nSPS) is 12.2. The number of carbonyl (C=O) groups excluding carboxylic acids is 1. The van der Waals surface area contributed by atoms with E-state index >= 15 is 0 Å². The van der Waals surface area contributed by atoms with Gasteiger partial charge in [0.2, 0.25) is 5.91 Å². The van der Waals surface area contributed by atoms with Gasteiger partial charge < -0.3 is 5.32 Å². The highest BCUT2D eigenvalue weighted by Gasteiger charge is 2.09. The monoisotopic (exact) mass is 239 g/mol. The number of halogens is 1. The molecule has 0 spiro atoms. The third-order valence-corrected chi connectivity index (χ3v) is 2.86. The third-order valence-electron chi connectivity index (χ3n) is 2.49. The molecule has 16 heavy (non-hydrogen) atoms. The van der Waals surface area contributed by atoms with Crippen LogP contribution in [0.1, 0.15) is 24.5 Å². The number of carbonyl (C=O) groups is 1. The molecule has 0 aliphatic heterocycles. The maximum Gasteiger partial charge on any atom is 0.224 e. The summed E-state index contributed by atoms with van der Waals surface area (Å²) < 4.78 is 0. The van der Waals surface area contributed by atoms with Crippen LogP contribution in [0, 0.1) is 6.92 Å². The molecule has 1 rings (SSSR count). The Morgan fingerprint density at radius 2 is 2.25 bits per heavy atom. The lowest BCUT2D eigenvalue weighted by Crippen LogP contribution is -2.36. The number of hydrogen-bond donors (Lipinski definition) is 1. The molecule has 1 N–H and O–H groups in total. The van der Waals surface area contributed by atoms with Gasteiger partial charge in [-0.15, -0.1) is 11.6 Å². The van der Waals surface area contributed by atoms with Crippen LogP contribution < -0.4 is 5.32 Å². The summed E-state index contributed by atoms with van der Waals surface area (Å²) in [5.41, 5.74) is 2.22. The molecule has 0 heterocycles. The minimum Gasteiger partial charge on any atom is -0.352 e. The molecule has 3 heteroatoms. The van der Waals surface area contributed by atoms with E-state index in [0.717, 1.165) is 12.0 Å². The Kier molecular flexibility index (Phi) is 5.33. The standard InChI is InChI=1S/C13H18ClNO/c1-3-12(9-14)15-13(16)8-11-6-4-5-10(2)7-11/h4-7,12H,3,8-9H2,1-2H3,(H,15,16). The van der Waals surface area contributed by atoms with E-state index < -0.39 is 0 Å². The van der Waals surface area contributed by atoms with Gasteiger partial charge in [0.05, 0.1) is 6.42 Å². The van der Waals surface area contributed by atoms with E-state index in [1.165, 1.54) is 5.56 Å². The van der Waals surface area contributed by atoms with Gasteiger partial charge in [-0.05, 0) is 18.9 Å². The smallest absolute Gasteiger partial charge is 0.224 e. The zero-order valence-corrected chi connectivity index (χ0v) is 10.6. The Balaban J connectivity index is 2.51. The molecule has 0 aliphatic carbocycles. The molecule has 1 aromatic carbocycles. The lowest BCUT2D eigenvalue weighted by Gasteiger charge is -2.13. The number of nitrogens with one attached hydrogen (secondary N) is 1. The fraction of sp³-hybridized carbons (Fsp3) is 0.462. The minimum atomic E-state index is 0.0399. The minimum absolute atomic E-state index is 0.0399. The summed E-state index contributed by atoms with van der Waals surface area (Å²) in [6, 6.07) is 8.07. The number of benzene rings is 1. The first kappa shape index (κ1) is 13.0. The molecule has 0 radical (unpaired) electrons. The predicted octanol–water partition coefficient (Wildman–Crippen LogP) is 2.67. The highest BCUT2D eigenvalue weighted by atomic mass is 35.5. The van der Waals surface area contributed by atoms with Gasteiger partial charge in [0, 0.05) is 11.9 Å². The highest BCUT2D eigenvalue weighted by Crippen LogP contribution is 2.05. The summed E-state index contributed by atoms with van der Waals surface area (Å²) in [6.07, 6.45) is 1.29. The molecule has 0 bridgehead atoms. The summed E-state index contributed by atoms with van der Waals surface area (Å²) in [4.78, 5) is 11.7. The van der Waals surface area contributed by atoms with E-state index in [2.05, 4.69) is 5.32 Å². The lowest BCUT2D eigenvalue weighted by molar-refractivity contribution is -0.121. The molecule has 1 aromatic rings. The lowest BCUT2D eigenvalue weighted by atomic mass is 10.1. The van der Waals surface area contributed by atoms with Crippen molar-refractivity contribution in [3.63, 3.8) is 0 Å². The topological polar surface area (TPSA) is 29.1 Å². The van der Waals surface area contributed by atoms with Crippen LogP contribution in [0.25, 0.3) is 0 Å². The first-order chi connectivity index (χ1) is 7.65. The zero-order chi connectivity index (χ0) is 12.0. The second kappa shape index (κ2) is 6.54. The van der Waals surface area contributed by atoms with Gasteiger partial charge in [0.25, 0.3) is 0 Å². The van der Waals surface area contributed by atoms with E-state index in [4.69, 9.17) is 11.6 Å². The van der Waals surface area contributed by atoms with Crippen LogP contribution in [0.2, 0.25) is 0 Å². The average molecular weight is 240 g/mol. The van der Waals surface area contributed by atoms with Gasteiger partial charge in [-0.25, -0.2) is 0 Å². The largest absolute Gasteiger partial charge is 0.352 e. The van der Waals surface area contributed by atoms with E-state index in [0.29, 0.717) is 12.3 Å². The first-order valence-corrected chi connectivity index (χ1v) is 6.10. The van der Waals surface area contributed by atoms with E-state index in [9.17, 15) is 4.79 Å². The van der Waals surface area contributed by atoms with Crippen molar-refractivity contribution in [3.05, 3.63) is 35.4 Å². The molecule has 1 unspecified atom stereocenters. The fourth-order valence-corrected chi connectivity index (χ4v) is 1.83. The molecule has 0 aromatic heterocycles. The number of rotatable bonds is 5. The van der Waals surface area contributed by atoms with Crippen molar-refractivity contribution >= 4 is 17.5 Å². The maximum atomic E-state index is 11.7. The molecular formula is C13H18ClNO. The molecule has 0 fully saturated rings. The average Bonchev–Trinajstić information content (AvgIpc) is 2.26. The Labute approximate surface area is 102 Å². The molecule has 0 saturated heterocycles. The van der Waals surface area contributed by atoms with Crippen LogP contribution in [-0.4, -0.2) is 17.8 Å². The third kappa shape index (κ3) is 4.23. The van der Waals surface area contributed by atoms with Crippen molar-refractivity contribution in [2.24, 2.45) is 0 Å². The molecule has 1 amide bonds. The van der Waals surface area contributed by atoms with Crippen molar-refractivity contribution < 1.29 is 4.79 Å². The Hall–Kier alpha value is -1.02. The zero-order valence-electron chi connectivity index (χ0n) is 9.79. The van der Waals surface area contributed by atoms with Gasteiger partial charge >= 0.3 is 0 Å². The summed E-state index contributed by atoms with van der Waals surface area (Å²) in [5.74, 6) is 0.508. The van der Waals surface area contributed by atoms with E-state index in [1.54, 1.807) is 0 Å². The summed E-state index contributed by atoms with van der Waals surface area (Å²) >= 11 is 5.73. The molecule has 0 aliphatic rings. The van der Waals surface area contributed by atoms with Gasteiger partial charge in [0.1, 0.15) is 0 Å². The Morgan fingerprint density at radius 1 is 1.50 bits per heavy atom. The van der Waals surface area contributed by atoms with Crippen molar-refractivity contribution in [3.8, 4) is 0 Å². The van der Waals surface area contributed by atoms with Crippen molar-refractivity contribution in [2.75, 3.05) is 5.88 Å². The highest BCUT2D eigenvalue weighted by molar-refractivity contribution is 6.18. The SMILES string of the molecule is CCC(CCl)NC(=O)Cc1cccc(C)c1. The van der Waals surface area contributed by atoms with Crippen LogP contribution in [0.15, 0.2) is 24.3 Å².